The zero-order valence-electron chi connectivity index (χ0n) is 14.9. The van der Waals surface area contributed by atoms with Gasteiger partial charge in [-0.2, -0.15) is 0 Å². The van der Waals surface area contributed by atoms with Crippen molar-refractivity contribution in [3.8, 4) is 0 Å². The average Bonchev–Trinajstić information content (AvgIpc) is 2.67. The molecule has 4 rings (SSSR count). The van der Waals surface area contributed by atoms with Gasteiger partial charge in [-0.05, 0) is 54.8 Å². The number of rotatable bonds is 2. The molecule has 3 aromatic rings. The van der Waals surface area contributed by atoms with E-state index < -0.39 is 0 Å². The predicted octanol–water partition coefficient (Wildman–Crippen LogP) is 4.75. The quantitative estimate of drug-likeness (QED) is 0.657. The molecule has 1 aromatic heterocycles. The van der Waals surface area contributed by atoms with Crippen LogP contribution in [-0.4, -0.2) is 28.9 Å². The number of hydrogen-bond donors (Lipinski definition) is 0. The molecule has 1 aliphatic heterocycles. The van der Waals surface area contributed by atoms with Crippen molar-refractivity contribution in [2.45, 2.75) is 13.3 Å². The summed E-state index contributed by atoms with van der Waals surface area (Å²) in [6, 6.07) is 12.5. The summed E-state index contributed by atoms with van der Waals surface area (Å²) in [5.74, 6) is -0.723. The Bertz CT molecular complexity index is 1050. The first kappa shape index (κ1) is 17.3. The van der Waals surface area contributed by atoms with E-state index in [4.69, 9.17) is 0 Å². The lowest BCUT2D eigenvalue weighted by Gasteiger charge is -2.27. The van der Waals surface area contributed by atoms with Gasteiger partial charge in [-0.3, -0.25) is 9.78 Å². The molecule has 2 aromatic carbocycles. The van der Waals surface area contributed by atoms with E-state index in [-0.39, 0.29) is 17.5 Å². The molecule has 5 heteroatoms. The van der Waals surface area contributed by atoms with Gasteiger partial charge >= 0.3 is 0 Å². The van der Waals surface area contributed by atoms with Crippen molar-refractivity contribution in [2.75, 3.05) is 13.1 Å². The molecule has 0 atom stereocenters. The number of amides is 1. The lowest BCUT2D eigenvalue weighted by atomic mass is 9.98. The number of pyridine rings is 1. The largest absolute Gasteiger partial charge is 0.335 e. The molecule has 0 bridgehead atoms. The fourth-order valence-electron chi connectivity index (χ4n) is 3.46. The third-order valence-corrected chi connectivity index (χ3v) is 4.84. The topological polar surface area (TPSA) is 33.2 Å². The molecular formula is C22H18F2N2O. The maximum absolute atomic E-state index is 13.5. The Morgan fingerprint density at radius 1 is 1.04 bits per heavy atom. The van der Waals surface area contributed by atoms with Gasteiger partial charge in [0.15, 0.2) is 0 Å². The number of nitrogens with zero attached hydrogens (tertiary/aromatic N) is 2. The van der Waals surface area contributed by atoms with Crippen LogP contribution >= 0.6 is 0 Å². The van der Waals surface area contributed by atoms with Gasteiger partial charge in [0.25, 0.3) is 5.91 Å². The van der Waals surface area contributed by atoms with E-state index in [0.717, 1.165) is 11.1 Å². The molecule has 0 aliphatic carbocycles. The minimum Gasteiger partial charge on any atom is -0.335 e. The van der Waals surface area contributed by atoms with Crippen molar-refractivity contribution >= 4 is 22.4 Å². The van der Waals surface area contributed by atoms with E-state index in [0.29, 0.717) is 41.7 Å². The van der Waals surface area contributed by atoms with E-state index in [1.165, 1.54) is 24.3 Å². The van der Waals surface area contributed by atoms with Crippen LogP contribution in [0, 0.1) is 18.6 Å². The Morgan fingerprint density at radius 3 is 2.48 bits per heavy atom. The second kappa shape index (κ2) is 6.91. The SMILES string of the molecule is Cc1cc(C(=O)N2CC=C(c3ccc(F)cc3)CC2)c2ccc(F)cc2n1. The first-order valence-electron chi connectivity index (χ1n) is 8.82. The molecule has 0 fully saturated rings. The van der Waals surface area contributed by atoms with Crippen molar-refractivity contribution < 1.29 is 13.6 Å². The highest BCUT2D eigenvalue weighted by Crippen LogP contribution is 2.26. The van der Waals surface area contributed by atoms with Gasteiger partial charge in [0.1, 0.15) is 11.6 Å². The minimum atomic E-state index is -0.371. The summed E-state index contributed by atoms with van der Waals surface area (Å²) in [5.41, 5.74) is 3.78. The fraction of sp³-hybridized carbons (Fsp3) is 0.182. The molecule has 0 saturated heterocycles. The summed E-state index contributed by atoms with van der Waals surface area (Å²) in [7, 11) is 0. The molecule has 1 amide bonds. The van der Waals surface area contributed by atoms with Crippen molar-refractivity contribution in [1.82, 2.24) is 9.88 Å². The van der Waals surface area contributed by atoms with Crippen LogP contribution in [0.1, 0.15) is 28.0 Å². The lowest BCUT2D eigenvalue weighted by molar-refractivity contribution is 0.0774. The summed E-state index contributed by atoms with van der Waals surface area (Å²) in [5, 5.41) is 0.653. The highest BCUT2D eigenvalue weighted by Gasteiger charge is 2.22. The Labute approximate surface area is 156 Å². The smallest absolute Gasteiger partial charge is 0.254 e. The summed E-state index contributed by atoms with van der Waals surface area (Å²) in [6.07, 6.45) is 2.71. The Kier molecular flexibility index (Phi) is 4.44. The van der Waals surface area contributed by atoms with Gasteiger partial charge in [-0.25, -0.2) is 8.78 Å². The number of aryl methyl sites for hydroxylation is 1. The van der Waals surface area contributed by atoms with Crippen LogP contribution in [0.15, 0.2) is 54.6 Å². The van der Waals surface area contributed by atoms with Crippen molar-refractivity contribution in [3.05, 3.63) is 83.1 Å². The van der Waals surface area contributed by atoms with Crippen molar-refractivity contribution in [1.29, 1.82) is 0 Å². The Hall–Kier alpha value is -3.08. The van der Waals surface area contributed by atoms with Gasteiger partial charge in [0, 0.05) is 30.2 Å². The standard InChI is InChI=1S/C22H18F2N2O/c1-14-12-20(19-7-6-18(24)13-21(19)25-14)22(27)26-10-8-16(9-11-26)15-2-4-17(23)5-3-15/h2-8,12-13H,9-11H2,1H3. The molecule has 2 heterocycles. The van der Waals surface area contributed by atoms with Gasteiger partial charge in [-0.15, -0.1) is 0 Å². The molecule has 0 N–H and O–H groups in total. The maximum Gasteiger partial charge on any atom is 0.254 e. The Balaban J connectivity index is 1.61. The van der Waals surface area contributed by atoms with E-state index in [1.54, 1.807) is 36.1 Å². The Morgan fingerprint density at radius 2 is 1.78 bits per heavy atom. The van der Waals surface area contributed by atoms with Crippen LogP contribution in [0.4, 0.5) is 8.78 Å². The first-order chi connectivity index (χ1) is 13.0. The monoisotopic (exact) mass is 364 g/mol. The first-order valence-corrected chi connectivity index (χ1v) is 8.82. The van der Waals surface area contributed by atoms with E-state index in [9.17, 15) is 13.6 Å². The van der Waals surface area contributed by atoms with Crippen LogP contribution in [0.3, 0.4) is 0 Å². The molecule has 27 heavy (non-hydrogen) atoms. The number of carbonyl (C=O) groups excluding carboxylic acids is 1. The maximum atomic E-state index is 13.5. The predicted molar refractivity (Wildman–Crippen MR) is 101 cm³/mol. The number of carbonyl (C=O) groups is 1. The molecule has 0 saturated carbocycles. The summed E-state index contributed by atoms with van der Waals surface area (Å²) in [6.45, 7) is 2.85. The summed E-state index contributed by atoms with van der Waals surface area (Å²) in [4.78, 5) is 19.2. The van der Waals surface area contributed by atoms with Gasteiger partial charge in [-0.1, -0.05) is 18.2 Å². The molecule has 136 valence electrons. The van der Waals surface area contributed by atoms with Crippen LogP contribution in [0.2, 0.25) is 0 Å². The second-order valence-corrected chi connectivity index (χ2v) is 6.71. The number of halogens is 2. The number of fused-ring (bicyclic) bond motifs is 1. The van der Waals surface area contributed by atoms with Crippen LogP contribution in [0.25, 0.3) is 16.5 Å². The van der Waals surface area contributed by atoms with Crippen LogP contribution in [-0.2, 0) is 0 Å². The van der Waals surface area contributed by atoms with Crippen LogP contribution in [0.5, 0.6) is 0 Å². The third-order valence-electron chi connectivity index (χ3n) is 4.84. The number of hydrogen-bond acceptors (Lipinski definition) is 2. The van der Waals surface area contributed by atoms with E-state index >= 15 is 0 Å². The van der Waals surface area contributed by atoms with Crippen molar-refractivity contribution in [3.63, 3.8) is 0 Å². The lowest BCUT2D eigenvalue weighted by Crippen LogP contribution is -2.34. The third kappa shape index (κ3) is 3.45. The highest BCUT2D eigenvalue weighted by atomic mass is 19.1. The summed E-state index contributed by atoms with van der Waals surface area (Å²) >= 11 is 0. The molecule has 0 radical (unpaired) electrons. The molecule has 3 nitrogen and oxygen atoms in total. The van der Waals surface area contributed by atoms with Gasteiger partial charge in [0.05, 0.1) is 11.1 Å². The highest BCUT2D eigenvalue weighted by molar-refractivity contribution is 6.06. The molecule has 1 aliphatic rings. The normalized spacial score (nSPS) is 14.3. The van der Waals surface area contributed by atoms with Gasteiger partial charge in [0.2, 0.25) is 0 Å². The molecule has 0 spiro atoms. The molecule has 0 unspecified atom stereocenters. The number of aromatic nitrogens is 1. The zero-order valence-corrected chi connectivity index (χ0v) is 14.9. The van der Waals surface area contributed by atoms with Crippen LogP contribution < -0.4 is 0 Å². The van der Waals surface area contributed by atoms with Gasteiger partial charge < -0.3 is 4.90 Å². The zero-order chi connectivity index (χ0) is 19.0. The summed E-state index contributed by atoms with van der Waals surface area (Å²) < 4.78 is 26.6. The fourth-order valence-corrected chi connectivity index (χ4v) is 3.46. The average molecular weight is 364 g/mol. The second-order valence-electron chi connectivity index (χ2n) is 6.71. The van der Waals surface area contributed by atoms with E-state index in [1.807, 2.05) is 6.08 Å². The number of benzene rings is 2. The minimum absolute atomic E-state index is 0.0912. The van der Waals surface area contributed by atoms with E-state index in [2.05, 4.69) is 4.98 Å². The van der Waals surface area contributed by atoms with Crippen molar-refractivity contribution in [2.24, 2.45) is 0 Å². The molecular weight excluding hydrogens is 346 g/mol.